The van der Waals surface area contributed by atoms with Crippen LogP contribution in [0.5, 0.6) is 0 Å². The lowest BCUT2D eigenvalue weighted by Gasteiger charge is -2.38. The Morgan fingerprint density at radius 1 is 0.912 bits per heavy atom. The summed E-state index contributed by atoms with van der Waals surface area (Å²) >= 11 is 0. The summed E-state index contributed by atoms with van der Waals surface area (Å²) in [6.45, 7) is 8.27. The molecule has 1 atom stereocenters. The first-order valence-corrected chi connectivity index (χ1v) is 14.1. The van der Waals surface area contributed by atoms with Gasteiger partial charge in [-0.25, -0.2) is 17.9 Å². The average Bonchev–Trinajstić information content (AvgIpc) is 3.42. The highest BCUT2D eigenvalue weighted by atomic mass is 32.2. The Bertz CT molecular complexity index is 1100. The first-order chi connectivity index (χ1) is 16.2. The minimum Gasteiger partial charge on any atom is -0.307 e. The van der Waals surface area contributed by atoms with Crippen molar-refractivity contribution in [3.63, 3.8) is 0 Å². The number of fused-ring (bicyclic) bond motifs is 2. The molecule has 0 radical (unpaired) electrons. The van der Waals surface area contributed by atoms with Gasteiger partial charge in [-0.1, -0.05) is 36.4 Å². The maximum absolute atomic E-state index is 13.2. The number of hydrogen-bond donors (Lipinski definition) is 2. The number of carbonyl (C=O) groups is 1. The van der Waals surface area contributed by atoms with Crippen LogP contribution in [-0.4, -0.2) is 37.2 Å². The Morgan fingerprint density at radius 2 is 1.47 bits per heavy atom. The first-order valence-electron chi connectivity index (χ1n) is 12.5. The van der Waals surface area contributed by atoms with Crippen LogP contribution in [0, 0.1) is 0 Å². The number of carbonyl (C=O) groups excluding carboxylic acids is 1. The molecule has 0 heterocycles. The van der Waals surface area contributed by atoms with E-state index < -0.39 is 16.1 Å². The smallest absolute Gasteiger partial charge is 0.307 e. The van der Waals surface area contributed by atoms with E-state index in [9.17, 15) is 13.2 Å². The van der Waals surface area contributed by atoms with Gasteiger partial charge < -0.3 is 5.32 Å². The minimum absolute atomic E-state index is 0.142. The number of anilines is 1. The first kappa shape index (κ1) is 24.7. The molecule has 0 spiro atoms. The van der Waals surface area contributed by atoms with Crippen LogP contribution >= 0.6 is 0 Å². The number of amides is 2. The monoisotopic (exact) mass is 483 g/mol. The zero-order valence-corrected chi connectivity index (χ0v) is 21.5. The number of rotatable bonds is 8. The van der Waals surface area contributed by atoms with E-state index in [-0.39, 0.29) is 23.9 Å². The SMILES string of the molecule is CC(C)N(C(C)C)C(CS(=O)(=O)NC(=O)Nc1c2c(cc3c1CCC3)CCC2)c1ccccc1. The Labute approximate surface area is 204 Å². The van der Waals surface area contributed by atoms with Crippen LogP contribution in [0.3, 0.4) is 0 Å². The van der Waals surface area contributed by atoms with Gasteiger partial charge in [0.05, 0.1) is 11.8 Å². The predicted molar refractivity (Wildman–Crippen MR) is 138 cm³/mol. The largest absolute Gasteiger partial charge is 0.332 e. The second-order valence-corrected chi connectivity index (χ2v) is 11.9. The molecule has 2 N–H and O–H groups in total. The third-order valence-corrected chi connectivity index (χ3v) is 8.32. The van der Waals surface area contributed by atoms with Crippen LogP contribution in [-0.2, 0) is 35.7 Å². The Morgan fingerprint density at radius 3 is 2.00 bits per heavy atom. The highest BCUT2D eigenvalue weighted by Gasteiger charge is 2.31. The van der Waals surface area contributed by atoms with Crippen molar-refractivity contribution < 1.29 is 13.2 Å². The van der Waals surface area contributed by atoms with Gasteiger partial charge in [0.1, 0.15) is 0 Å². The van der Waals surface area contributed by atoms with E-state index >= 15 is 0 Å². The molecule has 2 amide bonds. The fourth-order valence-electron chi connectivity index (χ4n) is 5.84. The zero-order chi connectivity index (χ0) is 24.5. The Kier molecular flexibility index (Phi) is 7.33. The summed E-state index contributed by atoms with van der Waals surface area (Å²) in [5.41, 5.74) is 6.73. The van der Waals surface area contributed by atoms with Crippen molar-refractivity contribution >= 4 is 21.7 Å². The van der Waals surface area contributed by atoms with Gasteiger partial charge in [-0.3, -0.25) is 4.90 Å². The molecule has 184 valence electrons. The lowest BCUT2D eigenvalue weighted by Crippen LogP contribution is -2.46. The molecule has 0 saturated carbocycles. The van der Waals surface area contributed by atoms with Crippen molar-refractivity contribution in [1.29, 1.82) is 0 Å². The second-order valence-electron chi connectivity index (χ2n) is 10.1. The molecule has 2 aliphatic rings. The fourth-order valence-corrected chi connectivity index (χ4v) is 7.04. The van der Waals surface area contributed by atoms with Gasteiger partial charge in [0.25, 0.3) is 0 Å². The number of aryl methyl sites for hydroxylation is 2. The van der Waals surface area contributed by atoms with Crippen LogP contribution < -0.4 is 10.0 Å². The molecule has 34 heavy (non-hydrogen) atoms. The number of hydrogen-bond acceptors (Lipinski definition) is 4. The molecule has 0 aromatic heterocycles. The number of urea groups is 1. The van der Waals surface area contributed by atoms with Gasteiger partial charge in [0.15, 0.2) is 0 Å². The summed E-state index contributed by atoms with van der Waals surface area (Å²) < 4.78 is 28.8. The third kappa shape index (κ3) is 5.31. The Hall–Kier alpha value is -2.38. The molecule has 2 aliphatic carbocycles. The van der Waals surface area contributed by atoms with Crippen LogP contribution in [0.15, 0.2) is 36.4 Å². The maximum atomic E-state index is 13.2. The average molecular weight is 484 g/mol. The summed E-state index contributed by atoms with van der Waals surface area (Å²) in [4.78, 5) is 15.2. The predicted octanol–water partition coefficient (Wildman–Crippen LogP) is 4.98. The van der Waals surface area contributed by atoms with Gasteiger partial charge >= 0.3 is 6.03 Å². The molecule has 1 unspecified atom stereocenters. The van der Waals surface area contributed by atoms with Gasteiger partial charge in [-0.15, -0.1) is 0 Å². The molecule has 2 aromatic carbocycles. The van der Waals surface area contributed by atoms with Gasteiger partial charge in [-0.05, 0) is 94.0 Å². The van der Waals surface area contributed by atoms with E-state index in [1.165, 1.54) is 22.3 Å². The maximum Gasteiger partial charge on any atom is 0.332 e. The molecule has 0 bridgehead atoms. The van der Waals surface area contributed by atoms with Gasteiger partial charge in [0, 0.05) is 17.8 Å². The van der Waals surface area contributed by atoms with Crippen molar-refractivity contribution in [2.75, 3.05) is 11.1 Å². The highest BCUT2D eigenvalue weighted by Crippen LogP contribution is 2.38. The standard InChI is InChI=1S/C27H37N3O3S/c1-18(2)30(19(3)4)25(20-10-6-5-7-11-20)17-34(32,33)29-27(31)28-26-23-14-8-12-21(23)16-22-13-9-15-24(22)26/h5-7,10-11,16,18-19,25H,8-9,12-15,17H2,1-4H3,(H2,28,29,31). The number of nitrogens with zero attached hydrogens (tertiary/aromatic N) is 1. The zero-order valence-electron chi connectivity index (χ0n) is 20.7. The fraction of sp³-hybridized carbons (Fsp3) is 0.519. The van der Waals surface area contributed by atoms with Crippen molar-refractivity contribution in [2.45, 2.75) is 84.3 Å². The van der Waals surface area contributed by atoms with E-state index in [1.807, 2.05) is 30.3 Å². The summed E-state index contributed by atoms with van der Waals surface area (Å²) in [5, 5.41) is 2.94. The molecular weight excluding hydrogens is 446 g/mol. The Balaban J connectivity index is 1.55. The number of sulfonamides is 1. The summed E-state index contributed by atoms with van der Waals surface area (Å²) in [6.07, 6.45) is 6.06. The number of benzene rings is 2. The van der Waals surface area contributed by atoms with E-state index in [0.717, 1.165) is 49.8 Å². The van der Waals surface area contributed by atoms with E-state index in [0.29, 0.717) is 0 Å². The molecule has 2 aromatic rings. The normalized spacial score (nSPS) is 16.1. The van der Waals surface area contributed by atoms with E-state index in [2.05, 4.69) is 48.7 Å². The molecule has 6 nitrogen and oxygen atoms in total. The molecule has 0 fully saturated rings. The lowest BCUT2D eigenvalue weighted by molar-refractivity contribution is 0.124. The topological polar surface area (TPSA) is 78.5 Å². The summed E-state index contributed by atoms with van der Waals surface area (Å²) in [5.74, 6) is -0.189. The summed E-state index contributed by atoms with van der Waals surface area (Å²) in [7, 11) is -3.89. The van der Waals surface area contributed by atoms with Crippen LogP contribution in [0.25, 0.3) is 0 Å². The lowest BCUT2D eigenvalue weighted by atomic mass is 9.99. The molecule has 4 rings (SSSR count). The highest BCUT2D eigenvalue weighted by molar-refractivity contribution is 7.90. The quantitative estimate of drug-likeness (QED) is 0.555. The minimum atomic E-state index is -3.89. The van der Waals surface area contributed by atoms with Crippen molar-refractivity contribution in [3.8, 4) is 0 Å². The van der Waals surface area contributed by atoms with Crippen molar-refractivity contribution in [1.82, 2.24) is 9.62 Å². The third-order valence-electron chi connectivity index (χ3n) is 7.07. The molecule has 0 aliphatic heterocycles. The van der Waals surface area contributed by atoms with E-state index in [1.54, 1.807) is 0 Å². The summed E-state index contributed by atoms with van der Waals surface area (Å²) in [6, 6.07) is 11.2. The van der Waals surface area contributed by atoms with Crippen LogP contribution in [0.4, 0.5) is 10.5 Å². The van der Waals surface area contributed by atoms with Crippen LogP contribution in [0.1, 0.15) is 74.4 Å². The number of nitrogens with one attached hydrogen (secondary N) is 2. The van der Waals surface area contributed by atoms with Gasteiger partial charge in [0.2, 0.25) is 10.0 Å². The van der Waals surface area contributed by atoms with Crippen LogP contribution in [0.2, 0.25) is 0 Å². The van der Waals surface area contributed by atoms with Crippen molar-refractivity contribution in [2.24, 2.45) is 0 Å². The second kappa shape index (κ2) is 10.1. The molecule has 7 heteroatoms. The van der Waals surface area contributed by atoms with E-state index in [4.69, 9.17) is 0 Å². The van der Waals surface area contributed by atoms with Crippen molar-refractivity contribution in [3.05, 3.63) is 64.2 Å². The molecular formula is C27H37N3O3S. The van der Waals surface area contributed by atoms with Gasteiger partial charge in [-0.2, -0.15) is 0 Å². The molecule has 0 saturated heterocycles.